The number of aromatic nitrogens is 1. The molecule has 0 saturated heterocycles. The van der Waals surface area contributed by atoms with Crippen molar-refractivity contribution >= 4 is 26.8 Å². The first kappa shape index (κ1) is 9.87. The Morgan fingerprint density at radius 1 is 1.47 bits per heavy atom. The van der Waals surface area contributed by atoms with Gasteiger partial charge in [0.2, 0.25) is 5.43 Å². The molecule has 1 heterocycles. The van der Waals surface area contributed by atoms with Crippen LogP contribution in [0.5, 0.6) is 0 Å². The Balaban J connectivity index is 3.07. The number of H-pyrrole nitrogens is 1. The molecule has 2 rings (SSSR count). The van der Waals surface area contributed by atoms with Gasteiger partial charge in [-0.1, -0.05) is 0 Å². The van der Waals surface area contributed by atoms with E-state index in [0.717, 1.165) is 0 Å². The second-order valence-electron chi connectivity index (χ2n) is 2.92. The Bertz CT molecular complexity index is 642. The zero-order valence-electron chi connectivity index (χ0n) is 7.34. The zero-order valence-corrected chi connectivity index (χ0v) is 8.93. The third-order valence-corrected chi connectivity index (χ3v) is 2.72. The fourth-order valence-corrected chi connectivity index (χ4v) is 1.85. The Morgan fingerprint density at radius 3 is 2.87 bits per heavy atom. The zero-order chi connectivity index (χ0) is 11.0. The normalized spacial score (nSPS) is 10.2. The Morgan fingerprint density at radius 2 is 2.20 bits per heavy atom. The van der Waals surface area contributed by atoms with Gasteiger partial charge in [-0.15, -0.1) is 0 Å². The minimum absolute atomic E-state index is 0.0335. The van der Waals surface area contributed by atoms with Crippen molar-refractivity contribution < 1.29 is 4.39 Å². The molecule has 0 spiro atoms. The van der Waals surface area contributed by atoms with Crippen LogP contribution in [0.4, 0.5) is 4.39 Å². The molecule has 3 nitrogen and oxygen atoms in total. The summed E-state index contributed by atoms with van der Waals surface area (Å²) in [7, 11) is 0. The second kappa shape index (κ2) is 3.48. The van der Waals surface area contributed by atoms with E-state index in [1.807, 2.05) is 0 Å². The molecule has 5 heteroatoms. The van der Waals surface area contributed by atoms with Crippen LogP contribution in [0.1, 0.15) is 5.56 Å². The fourth-order valence-electron chi connectivity index (χ4n) is 1.34. The molecule has 1 aromatic heterocycles. The minimum Gasteiger partial charge on any atom is -0.357 e. The van der Waals surface area contributed by atoms with Crippen LogP contribution in [0, 0.1) is 17.1 Å². The number of hydrogen-bond acceptors (Lipinski definition) is 2. The van der Waals surface area contributed by atoms with Crippen LogP contribution in [0.25, 0.3) is 10.9 Å². The smallest absolute Gasteiger partial charge is 0.208 e. The van der Waals surface area contributed by atoms with Gasteiger partial charge in [0.25, 0.3) is 0 Å². The molecule has 15 heavy (non-hydrogen) atoms. The summed E-state index contributed by atoms with van der Waals surface area (Å²) in [6.07, 6.45) is 1.21. The third-order valence-electron chi connectivity index (χ3n) is 2.06. The summed E-state index contributed by atoms with van der Waals surface area (Å²) >= 11 is 3.15. The molecule has 0 aliphatic rings. The van der Waals surface area contributed by atoms with Gasteiger partial charge < -0.3 is 4.98 Å². The molecule has 2 aromatic rings. The number of rotatable bonds is 0. The molecule has 0 saturated carbocycles. The van der Waals surface area contributed by atoms with Crippen molar-refractivity contribution in [2.24, 2.45) is 0 Å². The third kappa shape index (κ3) is 1.43. The van der Waals surface area contributed by atoms with Gasteiger partial charge in [-0.3, -0.25) is 4.79 Å². The number of pyridine rings is 1. The number of nitriles is 1. The van der Waals surface area contributed by atoms with E-state index in [-0.39, 0.29) is 16.5 Å². The Kier molecular flexibility index (Phi) is 2.29. The van der Waals surface area contributed by atoms with Gasteiger partial charge in [-0.2, -0.15) is 5.26 Å². The number of nitrogens with zero attached hydrogens (tertiary/aromatic N) is 1. The molecule has 0 radical (unpaired) electrons. The van der Waals surface area contributed by atoms with Crippen LogP contribution >= 0.6 is 15.9 Å². The maximum Gasteiger partial charge on any atom is 0.208 e. The first-order valence-corrected chi connectivity index (χ1v) is 4.84. The highest BCUT2D eigenvalue weighted by molar-refractivity contribution is 9.10. The predicted molar refractivity (Wildman–Crippen MR) is 56.9 cm³/mol. The van der Waals surface area contributed by atoms with Crippen molar-refractivity contribution in [3.05, 3.63) is 44.4 Å². The van der Waals surface area contributed by atoms with Crippen molar-refractivity contribution in [1.82, 2.24) is 4.98 Å². The van der Waals surface area contributed by atoms with Gasteiger partial charge in [0.15, 0.2) is 0 Å². The number of nitrogens with one attached hydrogen (secondary N) is 1. The predicted octanol–water partition coefficient (Wildman–Crippen LogP) is 2.30. The minimum atomic E-state index is -0.519. The Labute approximate surface area is 92.3 Å². The van der Waals surface area contributed by atoms with Crippen LogP contribution in [-0.4, -0.2) is 4.98 Å². The second-order valence-corrected chi connectivity index (χ2v) is 3.78. The first-order chi connectivity index (χ1) is 7.15. The van der Waals surface area contributed by atoms with E-state index in [1.165, 1.54) is 18.3 Å². The summed E-state index contributed by atoms with van der Waals surface area (Å²) in [5.74, 6) is -0.519. The van der Waals surface area contributed by atoms with E-state index >= 15 is 0 Å². The van der Waals surface area contributed by atoms with Gasteiger partial charge in [0.05, 0.1) is 10.9 Å². The lowest BCUT2D eigenvalue weighted by molar-refractivity contribution is 0.636. The molecule has 0 atom stereocenters. The van der Waals surface area contributed by atoms with Crippen LogP contribution in [0.2, 0.25) is 0 Å². The number of halogens is 2. The van der Waals surface area contributed by atoms with Gasteiger partial charge in [0, 0.05) is 10.7 Å². The van der Waals surface area contributed by atoms with Crippen molar-refractivity contribution in [1.29, 1.82) is 5.26 Å². The molecule has 0 fully saturated rings. The highest BCUT2D eigenvalue weighted by Crippen LogP contribution is 2.21. The molecular formula is C10H4BrFN2O. The summed E-state index contributed by atoms with van der Waals surface area (Å²) in [4.78, 5) is 14.3. The lowest BCUT2D eigenvalue weighted by atomic mass is 10.1. The lowest BCUT2D eigenvalue weighted by Gasteiger charge is -2.01. The van der Waals surface area contributed by atoms with Gasteiger partial charge in [-0.05, 0) is 28.1 Å². The Hall–Kier alpha value is -1.67. The lowest BCUT2D eigenvalue weighted by Crippen LogP contribution is -2.08. The maximum absolute atomic E-state index is 13.3. The van der Waals surface area contributed by atoms with E-state index in [2.05, 4.69) is 20.9 Å². The summed E-state index contributed by atoms with van der Waals surface area (Å²) in [5.41, 5.74) is -0.403. The molecule has 0 bridgehead atoms. The van der Waals surface area contributed by atoms with Crippen molar-refractivity contribution in [2.45, 2.75) is 0 Å². The van der Waals surface area contributed by atoms with Crippen LogP contribution in [0.3, 0.4) is 0 Å². The molecule has 0 amide bonds. The maximum atomic E-state index is 13.3. The summed E-state index contributed by atoms with van der Waals surface area (Å²) < 4.78 is 13.8. The quantitative estimate of drug-likeness (QED) is 0.796. The molecule has 1 N–H and O–H groups in total. The highest BCUT2D eigenvalue weighted by atomic mass is 79.9. The van der Waals surface area contributed by atoms with Crippen molar-refractivity contribution in [3.63, 3.8) is 0 Å². The average molecular weight is 267 g/mol. The van der Waals surface area contributed by atoms with Crippen molar-refractivity contribution in [2.75, 3.05) is 0 Å². The first-order valence-electron chi connectivity index (χ1n) is 4.04. The monoisotopic (exact) mass is 266 g/mol. The summed E-state index contributed by atoms with van der Waals surface area (Å²) in [6, 6.07) is 4.43. The summed E-state index contributed by atoms with van der Waals surface area (Å²) in [5, 5.41) is 8.82. The molecule has 0 aliphatic carbocycles. The van der Waals surface area contributed by atoms with Gasteiger partial charge in [0.1, 0.15) is 17.4 Å². The number of hydrogen-bond donors (Lipinski definition) is 1. The van der Waals surface area contributed by atoms with E-state index < -0.39 is 11.2 Å². The molecule has 1 aromatic carbocycles. The number of benzene rings is 1. The standard InChI is InChI=1S/C10H4BrFN2O/c11-6-1-2-7(12)9-8(6)10(15)5(3-13)4-14-9/h1-2,4H,(H,14,15). The van der Waals surface area contributed by atoms with Crippen LogP contribution in [-0.2, 0) is 0 Å². The fraction of sp³-hybridized carbons (Fsp3) is 0. The summed E-state index contributed by atoms with van der Waals surface area (Å²) in [6.45, 7) is 0. The van der Waals surface area contributed by atoms with E-state index in [9.17, 15) is 9.18 Å². The molecule has 0 unspecified atom stereocenters. The van der Waals surface area contributed by atoms with E-state index in [4.69, 9.17) is 5.26 Å². The SMILES string of the molecule is N#Cc1c[nH]c2c(F)ccc(Br)c2c1=O. The van der Waals surface area contributed by atoms with E-state index in [0.29, 0.717) is 4.47 Å². The van der Waals surface area contributed by atoms with E-state index in [1.54, 1.807) is 6.07 Å². The van der Waals surface area contributed by atoms with Crippen LogP contribution < -0.4 is 5.43 Å². The van der Waals surface area contributed by atoms with Crippen LogP contribution in [0.15, 0.2) is 27.6 Å². The molecule has 74 valence electrons. The van der Waals surface area contributed by atoms with Crippen molar-refractivity contribution in [3.8, 4) is 6.07 Å². The largest absolute Gasteiger partial charge is 0.357 e. The average Bonchev–Trinajstić information content (AvgIpc) is 2.23. The van der Waals surface area contributed by atoms with Gasteiger partial charge >= 0.3 is 0 Å². The topological polar surface area (TPSA) is 56.6 Å². The number of aromatic amines is 1. The number of fused-ring (bicyclic) bond motifs is 1. The highest BCUT2D eigenvalue weighted by Gasteiger charge is 2.10. The molecule has 0 aliphatic heterocycles. The molecular weight excluding hydrogens is 263 g/mol. The van der Waals surface area contributed by atoms with Gasteiger partial charge in [-0.25, -0.2) is 4.39 Å².